The normalized spacial score (nSPS) is 18.8. The van der Waals surface area contributed by atoms with Crippen LogP contribution in [0.4, 0.5) is 0 Å². The van der Waals surface area contributed by atoms with Crippen LogP contribution in [0, 0.1) is 5.92 Å². The highest BCUT2D eigenvalue weighted by Crippen LogP contribution is 2.33. The monoisotopic (exact) mass is 179 g/mol. The Kier molecular flexibility index (Phi) is 2.69. The van der Waals surface area contributed by atoms with Crippen molar-refractivity contribution in [1.82, 2.24) is 5.32 Å². The van der Waals surface area contributed by atoms with Crippen molar-refractivity contribution in [1.29, 1.82) is 0 Å². The quantitative estimate of drug-likeness (QED) is 0.751. The second kappa shape index (κ2) is 3.97. The van der Waals surface area contributed by atoms with Crippen LogP contribution in [0.3, 0.4) is 0 Å². The van der Waals surface area contributed by atoms with E-state index in [0.29, 0.717) is 6.04 Å². The lowest BCUT2D eigenvalue weighted by atomic mass is 10.1. The third-order valence-electron chi connectivity index (χ3n) is 2.75. The minimum atomic E-state index is 0.699. The highest BCUT2D eigenvalue weighted by Gasteiger charge is 2.29. The summed E-state index contributed by atoms with van der Waals surface area (Å²) in [4.78, 5) is 0. The van der Waals surface area contributed by atoms with Crippen LogP contribution in [0.25, 0.3) is 0 Å². The smallest absolute Gasteiger partial charge is 0.117 e. The van der Waals surface area contributed by atoms with Gasteiger partial charge in [-0.05, 0) is 37.3 Å². The van der Waals surface area contributed by atoms with Crippen molar-refractivity contribution in [2.45, 2.75) is 38.8 Å². The zero-order valence-electron chi connectivity index (χ0n) is 8.12. The zero-order chi connectivity index (χ0) is 9.10. The van der Waals surface area contributed by atoms with Crippen LogP contribution in [-0.2, 0) is 6.54 Å². The Balaban J connectivity index is 1.77. The molecule has 1 atom stereocenters. The van der Waals surface area contributed by atoms with Crippen molar-refractivity contribution >= 4 is 0 Å². The summed E-state index contributed by atoms with van der Waals surface area (Å²) in [6.45, 7) is 3.13. The van der Waals surface area contributed by atoms with E-state index in [1.807, 2.05) is 12.1 Å². The maximum atomic E-state index is 5.27. The number of rotatable bonds is 5. The fourth-order valence-corrected chi connectivity index (χ4v) is 1.79. The molecule has 1 aromatic heterocycles. The van der Waals surface area contributed by atoms with Gasteiger partial charge in [0.2, 0.25) is 0 Å². The van der Waals surface area contributed by atoms with E-state index in [2.05, 4.69) is 12.2 Å². The van der Waals surface area contributed by atoms with Gasteiger partial charge in [-0.25, -0.2) is 0 Å². The second-order valence-electron chi connectivity index (χ2n) is 3.81. The van der Waals surface area contributed by atoms with E-state index >= 15 is 0 Å². The molecule has 0 saturated heterocycles. The molecule has 0 bridgehead atoms. The average Bonchev–Trinajstić information content (AvgIpc) is 2.84. The molecule has 1 saturated carbocycles. The van der Waals surface area contributed by atoms with Crippen LogP contribution in [0.1, 0.15) is 31.9 Å². The van der Waals surface area contributed by atoms with Crippen molar-refractivity contribution in [3.63, 3.8) is 0 Å². The molecule has 1 unspecified atom stereocenters. The molecule has 2 nitrogen and oxygen atoms in total. The SMILES string of the molecule is CCC(NCc1ccco1)C1CC1. The fourth-order valence-electron chi connectivity index (χ4n) is 1.79. The molecule has 1 heterocycles. The van der Waals surface area contributed by atoms with Gasteiger partial charge < -0.3 is 9.73 Å². The Morgan fingerprint density at radius 2 is 2.46 bits per heavy atom. The first kappa shape index (κ1) is 8.82. The van der Waals surface area contributed by atoms with E-state index in [1.165, 1.54) is 19.3 Å². The van der Waals surface area contributed by atoms with Crippen LogP contribution < -0.4 is 5.32 Å². The molecule has 0 aromatic carbocycles. The lowest BCUT2D eigenvalue weighted by Gasteiger charge is -2.14. The highest BCUT2D eigenvalue weighted by molar-refractivity contribution is 4.98. The Bertz CT molecular complexity index is 239. The van der Waals surface area contributed by atoms with Crippen molar-refractivity contribution in [3.05, 3.63) is 24.2 Å². The summed E-state index contributed by atoms with van der Waals surface area (Å²) in [6, 6.07) is 4.66. The van der Waals surface area contributed by atoms with Gasteiger partial charge in [-0.15, -0.1) is 0 Å². The molecule has 0 aliphatic heterocycles. The van der Waals surface area contributed by atoms with Gasteiger partial charge in [0.1, 0.15) is 5.76 Å². The predicted molar refractivity (Wildman–Crippen MR) is 52.4 cm³/mol. The lowest BCUT2D eigenvalue weighted by molar-refractivity contribution is 0.409. The van der Waals surface area contributed by atoms with Gasteiger partial charge in [0, 0.05) is 6.04 Å². The summed E-state index contributed by atoms with van der Waals surface area (Å²) in [6.07, 6.45) is 5.77. The molecule has 1 aliphatic rings. The zero-order valence-corrected chi connectivity index (χ0v) is 8.12. The molecule has 1 fully saturated rings. The van der Waals surface area contributed by atoms with E-state index in [-0.39, 0.29) is 0 Å². The van der Waals surface area contributed by atoms with Gasteiger partial charge in [-0.3, -0.25) is 0 Å². The molecular weight excluding hydrogens is 162 g/mol. The van der Waals surface area contributed by atoms with Crippen molar-refractivity contribution in [2.24, 2.45) is 5.92 Å². The largest absolute Gasteiger partial charge is 0.468 e. The maximum absolute atomic E-state index is 5.27. The molecule has 13 heavy (non-hydrogen) atoms. The van der Waals surface area contributed by atoms with Gasteiger partial charge in [0.25, 0.3) is 0 Å². The first-order chi connectivity index (χ1) is 6.40. The van der Waals surface area contributed by atoms with Crippen LogP contribution in [0.15, 0.2) is 22.8 Å². The molecule has 0 radical (unpaired) electrons. The maximum Gasteiger partial charge on any atom is 0.117 e. The summed E-state index contributed by atoms with van der Waals surface area (Å²) in [7, 11) is 0. The fraction of sp³-hybridized carbons (Fsp3) is 0.636. The van der Waals surface area contributed by atoms with Gasteiger partial charge in [0.05, 0.1) is 12.8 Å². The van der Waals surface area contributed by atoms with E-state index in [9.17, 15) is 0 Å². The second-order valence-corrected chi connectivity index (χ2v) is 3.81. The van der Waals surface area contributed by atoms with E-state index in [0.717, 1.165) is 18.2 Å². The molecule has 72 valence electrons. The molecular formula is C11H17NO. The van der Waals surface area contributed by atoms with Gasteiger partial charge in [-0.1, -0.05) is 6.92 Å². The number of nitrogens with one attached hydrogen (secondary N) is 1. The standard InChI is InChI=1S/C11H17NO/c1-2-11(9-5-6-9)12-8-10-4-3-7-13-10/h3-4,7,9,11-12H,2,5-6,8H2,1H3. The number of hydrogen-bond acceptors (Lipinski definition) is 2. The molecule has 2 heteroatoms. The summed E-state index contributed by atoms with van der Waals surface area (Å²) in [5, 5.41) is 3.54. The molecule has 0 amide bonds. The Hall–Kier alpha value is -0.760. The summed E-state index contributed by atoms with van der Waals surface area (Å²) >= 11 is 0. The third-order valence-corrected chi connectivity index (χ3v) is 2.75. The average molecular weight is 179 g/mol. The van der Waals surface area contributed by atoms with Crippen molar-refractivity contribution in [2.75, 3.05) is 0 Å². The third kappa shape index (κ3) is 2.34. The molecule has 0 spiro atoms. The van der Waals surface area contributed by atoms with Crippen LogP contribution >= 0.6 is 0 Å². The minimum absolute atomic E-state index is 0.699. The van der Waals surface area contributed by atoms with Crippen LogP contribution in [-0.4, -0.2) is 6.04 Å². The van der Waals surface area contributed by atoms with Gasteiger partial charge in [0.15, 0.2) is 0 Å². The lowest BCUT2D eigenvalue weighted by Crippen LogP contribution is -2.29. The first-order valence-electron chi connectivity index (χ1n) is 5.16. The van der Waals surface area contributed by atoms with Crippen LogP contribution in [0.2, 0.25) is 0 Å². The van der Waals surface area contributed by atoms with Crippen molar-refractivity contribution < 1.29 is 4.42 Å². The number of hydrogen-bond donors (Lipinski definition) is 1. The first-order valence-corrected chi connectivity index (χ1v) is 5.16. The molecule has 1 aliphatic carbocycles. The summed E-state index contributed by atoms with van der Waals surface area (Å²) in [5.74, 6) is 1.97. The van der Waals surface area contributed by atoms with Crippen LogP contribution in [0.5, 0.6) is 0 Å². The Labute approximate surface area is 79.3 Å². The van der Waals surface area contributed by atoms with Gasteiger partial charge >= 0.3 is 0 Å². The molecule has 1 N–H and O–H groups in total. The van der Waals surface area contributed by atoms with Crippen molar-refractivity contribution in [3.8, 4) is 0 Å². The summed E-state index contributed by atoms with van der Waals surface area (Å²) in [5.41, 5.74) is 0. The minimum Gasteiger partial charge on any atom is -0.468 e. The van der Waals surface area contributed by atoms with E-state index in [1.54, 1.807) is 6.26 Å². The molecule has 1 aromatic rings. The molecule has 2 rings (SSSR count). The summed E-state index contributed by atoms with van der Waals surface area (Å²) < 4.78 is 5.27. The highest BCUT2D eigenvalue weighted by atomic mass is 16.3. The Morgan fingerprint density at radius 3 is 3.00 bits per heavy atom. The predicted octanol–water partition coefficient (Wildman–Crippen LogP) is 2.56. The van der Waals surface area contributed by atoms with E-state index in [4.69, 9.17) is 4.42 Å². The Morgan fingerprint density at radius 1 is 1.62 bits per heavy atom. The van der Waals surface area contributed by atoms with E-state index < -0.39 is 0 Å². The topological polar surface area (TPSA) is 25.2 Å². The number of furan rings is 1. The van der Waals surface area contributed by atoms with Gasteiger partial charge in [-0.2, -0.15) is 0 Å².